The number of aryl methyl sites for hydroxylation is 2. The van der Waals surface area contributed by atoms with Gasteiger partial charge >= 0.3 is 5.76 Å². The maximum Gasteiger partial charge on any atom is 0.437 e. The van der Waals surface area contributed by atoms with Gasteiger partial charge in [-0.2, -0.15) is 9.78 Å². The summed E-state index contributed by atoms with van der Waals surface area (Å²) in [5.41, 5.74) is 1.75. The lowest BCUT2D eigenvalue weighted by Crippen LogP contribution is -2.16. The lowest BCUT2D eigenvalue weighted by Gasteiger charge is -1.93. The van der Waals surface area contributed by atoms with Crippen molar-refractivity contribution in [1.29, 1.82) is 0 Å². The normalized spacial score (nSPS) is 11.1. The Morgan fingerprint density at radius 2 is 2.29 bits per heavy atom. The van der Waals surface area contributed by atoms with Crippen LogP contribution >= 0.6 is 11.3 Å². The third-order valence-corrected chi connectivity index (χ3v) is 3.87. The lowest BCUT2D eigenvalue weighted by atomic mass is 10.3. The predicted octanol–water partition coefficient (Wildman–Crippen LogP) is 1.69. The van der Waals surface area contributed by atoms with E-state index >= 15 is 0 Å². The molecule has 3 aromatic heterocycles. The van der Waals surface area contributed by atoms with E-state index in [0.29, 0.717) is 18.9 Å². The minimum Gasteiger partial charge on any atom is -0.392 e. The third-order valence-electron chi connectivity index (χ3n) is 2.93. The molecule has 0 N–H and O–H groups in total. The molecule has 0 aliphatic heterocycles. The molecule has 0 aliphatic rings. The third kappa shape index (κ3) is 2.94. The summed E-state index contributed by atoms with van der Waals surface area (Å²) in [7, 11) is 1.86. The Morgan fingerprint density at radius 3 is 3.00 bits per heavy atom. The second-order valence-corrected chi connectivity index (χ2v) is 5.57. The Labute approximate surface area is 124 Å². The molecule has 0 spiro atoms. The van der Waals surface area contributed by atoms with Crippen LogP contribution in [0.2, 0.25) is 0 Å². The first kappa shape index (κ1) is 13.7. The fourth-order valence-corrected chi connectivity index (χ4v) is 2.75. The maximum absolute atomic E-state index is 11.7. The average Bonchev–Trinajstić information content (AvgIpc) is 3.13. The molecule has 0 aromatic carbocycles. The van der Waals surface area contributed by atoms with Gasteiger partial charge in [0, 0.05) is 30.6 Å². The summed E-state index contributed by atoms with van der Waals surface area (Å²) in [5, 5.41) is 11.1. The summed E-state index contributed by atoms with van der Waals surface area (Å²) < 4.78 is 8.12. The van der Waals surface area contributed by atoms with Crippen molar-refractivity contribution in [1.82, 2.24) is 24.5 Å². The van der Waals surface area contributed by atoms with E-state index in [2.05, 4.69) is 15.2 Å². The summed E-state index contributed by atoms with van der Waals surface area (Å²) >= 11 is 1.52. The van der Waals surface area contributed by atoms with Crippen molar-refractivity contribution in [2.45, 2.75) is 26.3 Å². The lowest BCUT2D eigenvalue weighted by molar-refractivity contribution is 0.448. The molecular formula is C13H15N5O2S. The Balaban J connectivity index is 1.80. The van der Waals surface area contributed by atoms with Gasteiger partial charge < -0.3 is 4.42 Å². The number of aromatic nitrogens is 5. The molecule has 0 saturated carbocycles. The molecule has 0 aliphatic carbocycles. The van der Waals surface area contributed by atoms with Crippen LogP contribution in [0, 0.1) is 0 Å². The van der Waals surface area contributed by atoms with Crippen molar-refractivity contribution in [3.63, 3.8) is 0 Å². The molecule has 8 heteroatoms. The molecule has 0 atom stereocenters. The smallest absolute Gasteiger partial charge is 0.392 e. The minimum atomic E-state index is -0.436. The molecule has 0 unspecified atom stereocenters. The Kier molecular flexibility index (Phi) is 3.70. The van der Waals surface area contributed by atoms with Gasteiger partial charge in [-0.1, -0.05) is 6.92 Å². The highest BCUT2D eigenvalue weighted by Gasteiger charge is 2.11. The molecule has 110 valence electrons. The first-order valence-corrected chi connectivity index (χ1v) is 7.54. The van der Waals surface area contributed by atoms with Crippen LogP contribution < -0.4 is 5.76 Å². The van der Waals surface area contributed by atoms with Gasteiger partial charge in [-0.3, -0.25) is 4.68 Å². The zero-order valence-electron chi connectivity index (χ0n) is 11.8. The second-order valence-electron chi connectivity index (χ2n) is 4.72. The van der Waals surface area contributed by atoms with Crippen molar-refractivity contribution >= 4 is 11.3 Å². The van der Waals surface area contributed by atoms with Gasteiger partial charge in [0.15, 0.2) is 0 Å². The van der Waals surface area contributed by atoms with E-state index in [1.54, 1.807) is 10.9 Å². The molecule has 7 nitrogen and oxygen atoms in total. The highest BCUT2D eigenvalue weighted by molar-refractivity contribution is 7.13. The van der Waals surface area contributed by atoms with Crippen molar-refractivity contribution in [3.05, 3.63) is 39.9 Å². The van der Waals surface area contributed by atoms with Crippen LogP contribution in [-0.2, 0) is 20.0 Å². The fraction of sp³-hybridized carbons (Fsp3) is 0.385. The van der Waals surface area contributed by atoms with E-state index in [1.165, 1.54) is 16.0 Å². The van der Waals surface area contributed by atoms with E-state index in [-0.39, 0.29) is 0 Å². The highest BCUT2D eigenvalue weighted by Crippen LogP contribution is 2.23. The van der Waals surface area contributed by atoms with Gasteiger partial charge in [0.05, 0.1) is 18.4 Å². The number of thiazole rings is 1. The van der Waals surface area contributed by atoms with Crippen LogP contribution in [0.25, 0.3) is 10.6 Å². The summed E-state index contributed by atoms with van der Waals surface area (Å²) in [6.45, 7) is 2.34. The standard InChI is InChI=1S/C13H15N5O2S/c1-3-4-11-16-18(13(19)20-11)7-10-8-21-12(15-10)9-5-14-17(2)6-9/h5-6,8H,3-4,7H2,1-2H3. The van der Waals surface area contributed by atoms with Crippen molar-refractivity contribution in [2.24, 2.45) is 7.05 Å². The zero-order valence-corrected chi connectivity index (χ0v) is 12.6. The van der Waals surface area contributed by atoms with E-state index in [9.17, 15) is 4.79 Å². The molecule has 0 radical (unpaired) electrons. The van der Waals surface area contributed by atoms with Gasteiger partial charge in [0.25, 0.3) is 0 Å². The topological polar surface area (TPSA) is 78.7 Å². The highest BCUT2D eigenvalue weighted by atomic mass is 32.1. The van der Waals surface area contributed by atoms with Gasteiger partial charge in [-0.25, -0.2) is 9.78 Å². The van der Waals surface area contributed by atoms with E-state index < -0.39 is 5.76 Å². The number of rotatable bonds is 5. The maximum atomic E-state index is 11.7. The first-order valence-electron chi connectivity index (χ1n) is 6.66. The number of nitrogens with zero attached hydrogens (tertiary/aromatic N) is 5. The molecule has 0 amide bonds. The van der Waals surface area contributed by atoms with Crippen molar-refractivity contribution < 1.29 is 4.42 Å². The van der Waals surface area contributed by atoms with Crippen LogP contribution in [0.1, 0.15) is 24.9 Å². The van der Waals surface area contributed by atoms with E-state index in [0.717, 1.165) is 22.7 Å². The van der Waals surface area contributed by atoms with Gasteiger partial charge in [-0.05, 0) is 6.42 Å². The zero-order chi connectivity index (χ0) is 14.8. The predicted molar refractivity (Wildman–Crippen MR) is 78.2 cm³/mol. The van der Waals surface area contributed by atoms with Crippen LogP contribution in [0.3, 0.4) is 0 Å². The largest absolute Gasteiger partial charge is 0.437 e. The number of hydrogen-bond donors (Lipinski definition) is 0. The van der Waals surface area contributed by atoms with Crippen molar-refractivity contribution in [3.8, 4) is 10.6 Å². The van der Waals surface area contributed by atoms with Gasteiger partial charge in [0.2, 0.25) is 5.89 Å². The molecule has 3 heterocycles. The Morgan fingerprint density at radius 1 is 1.43 bits per heavy atom. The van der Waals surface area contributed by atoms with Crippen molar-refractivity contribution in [2.75, 3.05) is 0 Å². The Hall–Kier alpha value is -2.22. The van der Waals surface area contributed by atoms with Crippen LogP contribution in [0.4, 0.5) is 0 Å². The molecular weight excluding hydrogens is 290 g/mol. The van der Waals surface area contributed by atoms with Gasteiger partial charge in [-0.15, -0.1) is 16.4 Å². The quantitative estimate of drug-likeness (QED) is 0.717. The fourth-order valence-electron chi connectivity index (χ4n) is 1.96. The number of hydrogen-bond acceptors (Lipinski definition) is 6. The molecule has 3 aromatic rings. The summed E-state index contributed by atoms with van der Waals surface area (Å²) in [6.07, 6.45) is 5.23. The first-order chi connectivity index (χ1) is 10.2. The average molecular weight is 305 g/mol. The molecule has 0 bridgehead atoms. The van der Waals surface area contributed by atoms with Crippen LogP contribution in [0.15, 0.2) is 27.0 Å². The summed E-state index contributed by atoms with van der Waals surface area (Å²) in [5.74, 6) is 0.0413. The SMILES string of the molecule is CCCc1nn(Cc2csc(-c3cnn(C)c3)n2)c(=O)o1. The monoisotopic (exact) mass is 305 g/mol. The second kappa shape index (κ2) is 5.65. The minimum absolute atomic E-state index is 0.322. The molecule has 0 fully saturated rings. The summed E-state index contributed by atoms with van der Waals surface area (Å²) in [6, 6.07) is 0. The molecule has 3 rings (SSSR count). The van der Waals surface area contributed by atoms with E-state index in [1.807, 2.05) is 25.5 Å². The van der Waals surface area contributed by atoms with Crippen LogP contribution in [0.5, 0.6) is 0 Å². The molecule has 21 heavy (non-hydrogen) atoms. The Bertz CT molecular complexity index is 797. The van der Waals surface area contributed by atoms with Gasteiger partial charge in [0.1, 0.15) is 5.01 Å². The molecule has 0 saturated heterocycles. The van der Waals surface area contributed by atoms with E-state index in [4.69, 9.17) is 4.42 Å². The van der Waals surface area contributed by atoms with Crippen LogP contribution in [-0.4, -0.2) is 24.5 Å². The summed E-state index contributed by atoms with van der Waals surface area (Å²) in [4.78, 5) is 16.2.